The molecule has 4 aromatic rings. The zero-order valence-electron chi connectivity index (χ0n) is 17.7. The smallest absolute Gasteiger partial charge is 0.255 e. The van der Waals surface area contributed by atoms with Crippen molar-refractivity contribution in [2.45, 2.75) is 39.7 Å². The molecule has 0 atom stereocenters. The number of benzene rings is 2. The monoisotopic (exact) mass is 432 g/mol. The van der Waals surface area contributed by atoms with Gasteiger partial charge in [0.1, 0.15) is 11.3 Å². The number of carbonyl (C=O) groups excluding carboxylic acids is 1. The van der Waals surface area contributed by atoms with Crippen LogP contribution in [-0.2, 0) is 13.0 Å². The first-order valence-electron chi connectivity index (χ1n) is 10.5. The van der Waals surface area contributed by atoms with Gasteiger partial charge in [-0.15, -0.1) is 0 Å². The number of hydrogen-bond acceptors (Lipinski definition) is 3. The van der Waals surface area contributed by atoms with Crippen molar-refractivity contribution in [3.05, 3.63) is 88.3 Å². The third-order valence-electron chi connectivity index (χ3n) is 5.37. The Kier molecular flexibility index (Phi) is 6.33. The van der Waals surface area contributed by atoms with Gasteiger partial charge in [0.15, 0.2) is 5.65 Å². The van der Waals surface area contributed by atoms with Crippen LogP contribution in [0.15, 0.2) is 60.8 Å². The molecule has 2 aromatic heterocycles. The largest absolute Gasteiger partial charge is 0.320 e. The molecular weight excluding hydrogens is 408 g/mol. The molecule has 0 saturated heterocycles. The van der Waals surface area contributed by atoms with Gasteiger partial charge in [-0.05, 0) is 37.1 Å². The molecule has 0 aliphatic carbocycles. The molecule has 2 heterocycles. The predicted molar refractivity (Wildman–Crippen MR) is 126 cm³/mol. The van der Waals surface area contributed by atoms with Crippen LogP contribution in [0, 0.1) is 6.92 Å². The summed E-state index contributed by atoms with van der Waals surface area (Å²) >= 11 is 6.02. The third kappa shape index (κ3) is 4.62. The number of amides is 1. The number of hydrogen-bond donors (Lipinski definition) is 1. The fraction of sp³-hybridized carbons (Fsp3) is 0.240. The Bertz CT molecular complexity index is 1220. The van der Waals surface area contributed by atoms with E-state index in [0.29, 0.717) is 16.3 Å². The van der Waals surface area contributed by atoms with Gasteiger partial charge in [0.05, 0.1) is 18.4 Å². The van der Waals surface area contributed by atoms with Crippen LogP contribution in [0.1, 0.15) is 47.1 Å². The van der Waals surface area contributed by atoms with Gasteiger partial charge in [-0.1, -0.05) is 61.3 Å². The molecule has 0 bridgehead atoms. The van der Waals surface area contributed by atoms with E-state index in [1.54, 1.807) is 30.5 Å². The highest BCUT2D eigenvalue weighted by Gasteiger charge is 2.17. The highest BCUT2D eigenvalue weighted by atomic mass is 35.5. The lowest BCUT2D eigenvalue weighted by Gasteiger charge is -2.11. The highest BCUT2D eigenvalue weighted by Crippen LogP contribution is 2.26. The Hall–Kier alpha value is -3.18. The van der Waals surface area contributed by atoms with Gasteiger partial charge in [-0.3, -0.25) is 4.79 Å². The number of rotatable bonds is 7. The van der Waals surface area contributed by atoms with Gasteiger partial charge in [-0.25, -0.2) is 9.97 Å². The van der Waals surface area contributed by atoms with Crippen molar-refractivity contribution in [3.63, 3.8) is 0 Å². The molecule has 0 unspecified atom stereocenters. The summed E-state index contributed by atoms with van der Waals surface area (Å²) in [6.07, 6.45) is 4.77. The molecule has 2 aromatic carbocycles. The van der Waals surface area contributed by atoms with Crippen molar-refractivity contribution >= 4 is 34.4 Å². The van der Waals surface area contributed by atoms with Crippen LogP contribution < -0.4 is 5.32 Å². The Morgan fingerprint density at radius 1 is 1.13 bits per heavy atom. The summed E-state index contributed by atoms with van der Waals surface area (Å²) in [7, 11) is 0. The number of carbonyl (C=O) groups is 1. The van der Waals surface area contributed by atoms with Crippen molar-refractivity contribution < 1.29 is 4.79 Å². The maximum atomic E-state index is 12.7. The topological polar surface area (TPSA) is 59.8 Å². The van der Waals surface area contributed by atoms with E-state index in [-0.39, 0.29) is 5.91 Å². The summed E-state index contributed by atoms with van der Waals surface area (Å²) in [5, 5.41) is 3.48. The minimum Gasteiger partial charge on any atom is -0.320 e. The number of pyridine rings is 1. The maximum absolute atomic E-state index is 12.7. The van der Waals surface area contributed by atoms with E-state index in [2.05, 4.69) is 28.9 Å². The standard InChI is InChI=1S/C25H25ClN4O/c1-3-4-13-22-29-23-17(2)21(28-25(31)19-11-8-12-20(26)14-19)15-27-24(23)30(22)16-18-9-6-5-7-10-18/h5-12,14-15H,3-4,13,16H2,1-2H3,(H,28,31). The number of imidazole rings is 1. The summed E-state index contributed by atoms with van der Waals surface area (Å²) in [5.41, 5.74) is 4.94. The molecule has 0 fully saturated rings. The van der Waals surface area contributed by atoms with Crippen LogP contribution in [0.3, 0.4) is 0 Å². The number of nitrogens with zero attached hydrogens (tertiary/aromatic N) is 3. The molecule has 0 saturated carbocycles. The lowest BCUT2D eigenvalue weighted by molar-refractivity contribution is 0.102. The second-order valence-corrected chi connectivity index (χ2v) is 8.07. The van der Waals surface area contributed by atoms with Crippen molar-refractivity contribution in [3.8, 4) is 0 Å². The average molecular weight is 433 g/mol. The van der Waals surface area contributed by atoms with Crippen LogP contribution >= 0.6 is 11.6 Å². The molecule has 1 amide bonds. The second kappa shape index (κ2) is 9.31. The van der Waals surface area contributed by atoms with Gasteiger partial charge < -0.3 is 9.88 Å². The van der Waals surface area contributed by atoms with E-state index in [0.717, 1.165) is 48.4 Å². The van der Waals surface area contributed by atoms with Gasteiger partial charge in [-0.2, -0.15) is 0 Å². The second-order valence-electron chi connectivity index (χ2n) is 7.64. The van der Waals surface area contributed by atoms with Crippen LogP contribution in [0.5, 0.6) is 0 Å². The number of nitrogens with one attached hydrogen (secondary N) is 1. The number of fused-ring (bicyclic) bond motifs is 1. The predicted octanol–water partition coefficient (Wildman–Crippen LogP) is 6.04. The van der Waals surface area contributed by atoms with Crippen LogP contribution in [0.2, 0.25) is 5.02 Å². The molecule has 0 spiro atoms. The van der Waals surface area contributed by atoms with E-state index in [1.807, 2.05) is 25.1 Å². The average Bonchev–Trinajstić information content (AvgIpc) is 3.13. The Labute approximate surface area is 187 Å². The number of unbranched alkanes of at least 4 members (excludes halogenated alkanes) is 1. The number of anilines is 1. The minimum absolute atomic E-state index is 0.221. The van der Waals surface area contributed by atoms with Crippen molar-refractivity contribution in [1.82, 2.24) is 14.5 Å². The first-order chi connectivity index (χ1) is 15.1. The molecule has 158 valence electrons. The van der Waals surface area contributed by atoms with Gasteiger partial charge in [0, 0.05) is 22.6 Å². The summed E-state index contributed by atoms with van der Waals surface area (Å²) < 4.78 is 2.19. The summed E-state index contributed by atoms with van der Waals surface area (Å²) in [4.78, 5) is 22.3. The number of halogens is 1. The van der Waals surface area contributed by atoms with Gasteiger partial charge in [0.25, 0.3) is 5.91 Å². The van der Waals surface area contributed by atoms with Gasteiger partial charge in [0.2, 0.25) is 0 Å². The summed E-state index contributed by atoms with van der Waals surface area (Å²) in [6, 6.07) is 17.2. The molecule has 0 aliphatic heterocycles. The first-order valence-corrected chi connectivity index (χ1v) is 10.9. The molecule has 5 nitrogen and oxygen atoms in total. The zero-order chi connectivity index (χ0) is 21.8. The molecule has 31 heavy (non-hydrogen) atoms. The SMILES string of the molecule is CCCCc1nc2c(C)c(NC(=O)c3cccc(Cl)c3)cnc2n1Cc1ccccc1. The molecular formula is C25H25ClN4O. The Morgan fingerprint density at radius 3 is 2.68 bits per heavy atom. The third-order valence-corrected chi connectivity index (χ3v) is 5.60. The number of aryl methyl sites for hydroxylation is 2. The molecule has 4 rings (SSSR count). The molecule has 6 heteroatoms. The molecule has 0 radical (unpaired) electrons. The Balaban J connectivity index is 1.70. The lowest BCUT2D eigenvalue weighted by Crippen LogP contribution is -2.13. The van der Waals surface area contributed by atoms with E-state index < -0.39 is 0 Å². The fourth-order valence-corrected chi connectivity index (χ4v) is 3.82. The Morgan fingerprint density at radius 2 is 1.94 bits per heavy atom. The quantitative estimate of drug-likeness (QED) is 0.387. The van der Waals surface area contributed by atoms with Crippen molar-refractivity contribution in [2.24, 2.45) is 0 Å². The van der Waals surface area contributed by atoms with Crippen LogP contribution in [-0.4, -0.2) is 20.4 Å². The molecule has 1 N–H and O–H groups in total. The fourth-order valence-electron chi connectivity index (χ4n) is 3.63. The lowest BCUT2D eigenvalue weighted by atomic mass is 10.2. The molecule has 0 aliphatic rings. The summed E-state index contributed by atoms with van der Waals surface area (Å²) in [6.45, 7) is 4.87. The zero-order valence-corrected chi connectivity index (χ0v) is 18.5. The van der Waals surface area contributed by atoms with E-state index in [4.69, 9.17) is 21.6 Å². The van der Waals surface area contributed by atoms with E-state index in [1.165, 1.54) is 5.56 Å². The normalized spacial score (nSPS) is 11.1. The van der Waals surface area contributed by atoms with Crippen LogP contribution in [0.4, 0.5) is 5.69 Å². The van der Waals surface area contributed by atoms with Crippen molar-refractivity contribution in [1.29, 1.82) is 0 Å². The minimum atomic E-state index is -0.221. The maximum Gasteiger partial charge on any atom is 0.255 e. The first kappa shape index (κ1) is 21.1. The number of aromatic nitrogens is 3. The van der Waals surface area contributed by atoms with E-state index in [9.17, 15) is 4.79 Å². The summed E-state index contributed by atoms with van der Waals surface area (Å²) in [5.74, 6) is 0.802. The highest BCUT2D eigenvalue weighted by molar-refractivity contribution is 6.31. The van der Waals surface area contributed by atoms with Gasteiger partial charge >= 0.3 is 0 Å². The van der Waals surface area contributed by atoms with E-state index >= 15 is 0 Å². The van der Waals surface area contributed by atoms with Crippen molar-refractivity contribution in [2.75, 3.05) is 5.32 Å². The van der Waals surface area contributed by atoms with Crippen LogP contribution in [0.25, 0.3) is 11.2 Å².